The van der Waals surface area contributed by atoms with Crippen molar-refractivity contribution in [3.05, 3.63) is 82.9 Å². The van der Waals surface area contributed by atoms with Crippen molar-refractivity contribution in [2.45, 2.75) is 12.3 Å². The Kier molecular flexibility index (Phi) is 5.60. The first-order valence-electron chi connectivity index (χ1n) is 8.94. The average Bonchev–Trinajstić information content (AvgIpc) is 3.16. The molecule has 1 aromatic heterocycles. The Bertz CT molecular complexity index is 1240. The van der Waals surface area contributed by atoms with Crippen LogP contribution in [-0.2, 0) is 11.0 Å². The van der Waals surface area contributed by atoms with Gasteiger partial charge in [0.05, 0.1) is 21.3 Å². The van der Waals surface area contributed by atoms with Crippen molar-refractivity contribution in [1.29, 1.82) is 0 Å². The molecular formula is C22H13ClF3NO3S. The fraction of sp³-hybridized carbons (Fsp3) is 0.0909. The number of aromatic nitrogens is 1. The molecule has 0 fully saturated rings. The number of alkyl halides is 3. The monoisotopic (exact) mass is 463 g/mol. The fourth-order valence-electron chi connectivity index (χ4n) is 3.03. The molecule has 1 N–H and O–H groups in total. The van der Waals surface area contributed by atoms with Crippen molar-refractivity contribution in [1.82, 2.24) is 4.98 Å². The normalized spacial score (nSPS) is 12.6. The molecule has 1 heterocycles. The minimum Gasteiger partial charge on any atom is -0.478 e. The second kappa shape index (κ2) is 8.20. The standard InChI is InChI=1S/C22H13ClF3NO3S/c23-14-8-9-17(15(11-14)20-27-16-6-1-2-7-18(16)31-20)30-19(21(28)29)12-4-3-5-13(10-12)22(24,25)26/h1-11,19H,(H,28,29). The van der Waals surface area contributed by atoms with Crippen LogP contribution in [0.2, 0.25) is 5.02 Å². The van der Waals surface area contributed by atoms with Crippen LogP contribution in [0.15, 0.2) is 66.7 Å². The van der Waals surface area contributed by atoms with Gasteiger partial charge in [-0.1, -0.05) is 35.9 Å². The van der Waals surface area contributed by atoms with Gasteiger partial charge >= 0.3 is 12.1 Å². The van der Waals surface area contributed by atoms with Crippen LogP contribution in [0.5, 0.6) is 5.75 Å². The van der Waals surface area contributed by atoms with Gasteiger partial charge in [0, 0.05) is 10.6 Å². The summed E-state index contributed by atoms with van der Waals surface area (Å²) in [4.78, 5) is 16.4. The van der Waals surface area contributed by atoms with Crippen molar-refractivity contribution in [2.24, 2.45) is 0 Å². The molecule has 9 heteroatoms. The highest BCUT2D eigenvalue weighted by Crippen LogP contribution is 2.39. The minimum atomic E-state index is -4.61. The minimum absolute atomic E-state index is 0.132. The number of carboxylic acid groups (broad SMARTS) is 1. The first kappa shape index (κ1) is 21.1. The second-order valence-corrected chi connectivity index (χ2v) is 8.05. The smallest absolute Gasteiger partial charge is 0.416 e. The number of nitrogens with zero attached hydrogens (tertiary/aromatic N) is 1. The van der Waals surface area contributed by atoms with Gasteiger partial charge in [-0.15, -0.1) is 11.3 Å². The second-order valence-electron chi connectivity index (χ2n) is 6.59. The topological polar surface area (TPSA) is 59.4 Å². The summed E-state index contributed by atoms with van der Waals surface area (Å²) in [6, 6.07) is 16.1. The molecule has 158 valence electrons. The van der Waals surface area contributed by atoms with Gasteiger partial charge < -0.3 is 9.84 Å². The van der Waals surface area contributed by atoms with Gasteiger partial charge in [0.2, 0.25) is 6.10 Å². The molecule has 0 bridgehead atoms. The predicted molar refractivity (Wildman–Crippen MR) is 113 cm³/mol. The van der Waals surface area contributed by atoms with E-state index in [1.165, 1.54) is 29.5 Å². The first-order chi connectivity index (χ1) is 14.7. The number of para-hydroxylation sites is 1. The van der Waals surface area contributed by atoms with Crippen LogP contribution in [0.4, 0.5) is 13.2 Å². The number of rotatable bonds is 5. The van der Waals surface area contributed by atoms with E-state index in [0.29, 0.717) is 15.6 Å². The van der Waals surface area contributed by atoms with Gasteiger partial charge in [0.15, 0.2) is 0 Å². The lowest BCUT2D eigenvalue weighted by atomic mass is 10.1. The lowest BCUT2D eigenvalue weighted by Crippen LogP contribution is -2.19. The molecule has 0 spiro atoms. The Morgan fingerprint density at radius 2 is 1.84 bits per heavy atom. The summed E-state index contributed by atoms with van der Waals surface area (Å²) in [6.07, 6.45) is -6.26. The van der Waals surface area contributed by atoms with Crippen molar-refractivity contribution in [3.8, 4) is 16.3 Å². The maximum Gasteiger partial charge on any atom is 0.416 e. The predicted octanol–water partition coefficient (Wildman–Crippen LogP) is 6.84. The van der Waals surface area contributed by atoms with E-state index < -0.39 is 23.8 Å². The number of carbonyl (C=O) groups is 1. The van der Waals surface area contributed by atoms with Gasteiger partial charge in [-0.25, -0.2) is 9.78 Å². The van der Waals surface area contributed by atoms with E-state index >= 15 is 0 Å². The number of benzene rings is 3. The number of thiazole rings is 1. The molecule has 0 aliphatic heterocycles. The maximum absolute atomic E-state index is 13.1. The molecule has 0 saturated carbocycles. The number of aliphatic carboxylic acids is 1. The summed E-state index contributed by atoms with van der Waals surface area (Å²) in [5, 5.41) is 10.6. The summed E-state index contributed by atoms with van der Waals surface area (Å²) in [6.45, 7) is 0. The van der Waals surface area contributed by atoms with Crippen LogP contribution in [0, 0.1) is 0 Å². The van der Waals surface area contributed by atoms with E-state index in [-0.39, 0.29) is 11.3 Å². The van der Waals surface area contributed by atoms with Gasteiger partial charge in [-0.2, -0.15) is 13.2 Å². The highest BCUT2D eigenvalue weighted by molar-refractivity contribution is 7.21. The Morgan fingerprint density at radius 1 is 1.06 bits per heavy atom. The molecular weight excluding hydrogens is 451 g/mol. The van der Waals surface area contributed by atoms with Gasteiger partial charge in [0.25, 0.3) is 0 Å². The molecule has 0 aliphatic carbocycles. The summed E-state index contributed by atoms with van der Waals surface area (Å²) in [5.74, 6) is -1.28. The number of hydrogen-bond acceptors (Lipinski definition) is 4. The van der Waals surface area contributed by atoms with Crippen molar-refractivity contribution in [3.63, 3.8) is 0 Å². The number of ether oxygens (including phenoxy) is 1. The Labute approximate surface area is 183 Å². The molecule has 3 aromatic carbocycles. The van der Waals surface area contributed by atoms with Crippen LogP contribution in [0.1, 0.15) is 17.2 Å². The zero-order valence-electron chi connectivity index (χ0n) is 15.6. The number of hydrogen-bond donors (Lipinski definition) is 1. The van der Waals surface area contributed by atoms with Gasteiger partial charge in [-0.05, 0) is 42.5 Å². The third-order valence-electron chi connectivity index (χ3n) is 4.45. The van der Waals surface area contributed by atoms with Crippen molar-refractivity contribution in [2.75, 3.05) is 0 Å². The van der Waals surface area contributed by atoms with E-state index in [1.807, 2.05) is 24.3 Å². The lowest BCUT2D eigenvalue weighted by Gasteiger charge is -2.19. The SMILES string of the molecule is O=C(O)C(Oc1ccc(Cl)cc1-c1nc2ccccc2s1)c1cccc(C(F)(F)F)c1. The highest BCUT2D eigenvalue weighted by atomic mass is 35.5. The number of fused-ring (bicyclic) bond motifs is 1. The molecule has 4 aromatic rings. The van der Waals surface area contributed by atoms with Crippen molar-refractivity contribution < 1.29 is 27.8 Å². The first-order valence-corrected chi connectivity index (χ1v) is 10.1. The summed E-state index contributed by atoms with van der Waals surface area (Å²) in [7, 11) is 0. The van der Waals surface area contributed by atoms with Crippen LogP contribution < -0.4 is 4.74 Å². The van der Waals surface area contributed by atoms with E-state index in [9.17, 15) is 23.1 Å². The zero-order valence-corrected chi connectivity index (χ0v) is 17.1. The van der Waals surface area contributed by atoms with E-state index in [2.05, 4.69) is 4.98 Å². The Hall–Kier alpha value is -3.10. The van der Waals surface area contributed by atoms with Crippen molar-refractivity contribution >= 4 is 39.1 Å². The van der Waals surface area contributed by atoms with Gasteiger partial charge in [0.1, 0.15) is 10.8 Å². The molecule has 0 radical (unpaired) electrons. The third kappa shape index (κ3) is 4.50. The molecule has 0 saturated heterocycles. The molecule has 0 aliphatic rings. The largest absolute Gasteiger partial charge is 0.478 e. The Morgan fingerprint density at radius 3 is 2.55 bits per heavy atom. The number of halogens is 4. The molecule has 31 heavy (non-hydrogen) atoms. The fourth-order valence-corrected chi connectivity index (χ4v) is 4.18. The average molecular weight is 464 g/mol. The summed E-state index contributed by atoms with van der Waals surface area (Å²) < 4.78 is 45.9. The lowest BCUT2D eigenvalue weighted by molar-refractivity contribution is -0.146. The maximum atomic E-state index is 13.1. The molecule has 1 unspecified atom stereocenters. The van der Waals surface area contributed by atoms with Gasteiger partial charge in [-0.3, -0.25) is 0 Å². The number of carboxylic acids is 1. The summed E-state index contributed by atoms with van der Waals surface area (Å²) in [5.41, 5.74) is 0.114. The van der Waals surface area contributed by atoms with Crippen LogP contribution in [-0.4, -0.2) is 16.1 Å². The molecule has 4 nitrogen and oxygen atoms in total. The van der Waals surface area contributed by atoms with E-state index in [4.69, 9.17) is 16.3 Å². The zero-order chi connectivity index (χ0) is 22.2. The highest BCUT2D eigenvalue weighted by Gasteiger charge is 2.32. The summed E-state index contributed by atoms with van der Waals surface area (Å²) >= 11 is 7.50. The van der Waals surface area contributed by atoms with Crippen LogP contribution in [0.3, 0.4) is 0 Å². The van der Waals surface area contributed by atoms with E-state index in [1.54, 1.807) is 6.07 Å². The molecule has 4 rings (SSSR count). The third-order valence-corrected chi connectivity index (χ3v) is 5.76. The van der Waals surface area contributed by atoms with E-state index in [0.717, 1.165) is 28.4 Å². The Balaban J connectivity index is 1.76. The van der Waals surface area contributed by atoms with Crippen LogP contribution in [0.25, 0.3) is 20.8 Å². The molecule has 1 atom stereocenters. The molecule has 0 amide bonds. The quantitative estimate of drug-likeness (QED) is 0.352. The van der Waals surface area contributed by atoms with Crippen LogP contribution >= 0.6 is 22.9 Å².